The van der Waals surface area contributed by atoms with Crippen molar-refractivity contribution in [3.63, 3.8) is 0 Å². The molecule has 1 aliphatic heterocycles. The van der Waals surface area contributed by atoms with Crippen LogP contribution in [-0.4, -0.2) is 55.5 Å². The van der Waals surface area contributed by atoms with Gasteiger partial charge in [-0.2, -0.15) is 0 Å². The van der Waals surface area contributed by atoms with Crippen LogP contribution in [0.4, 0.5) is 0 Å². The zero-order valence-electron chi connectivity index (χ0n) is 20.1. The highest BCUT2D eigenvalue weighted by Crippen LogP contribution is 2.50. The second-order valence-electron chi connectivity index (χ2n) is 10.2. The largest absolute Gasteiger partial charge is 0.497 e. The molecule has 1 saturated carbocycles. The molecule has 4 heteroatoms. The van der Waals surface area contributed by atoms with E-state index in [1.165, 1.54) is 5.56 Å². The normalized spacial score (nSPS) is 25.9. The molecule has 3 atom stereocenters. The Morgan fingerprint density at radius 3 is 2.66 bits per heavy atom. The van der Waals surface area contributed by atoms with Crippen molar-refractivity contribution in [2.75, 3.05) is 33.8 Å². The number of fused-ring (bicyclic) bond motifs is 1. The molecule has 172 valence electrons. The number of rotatable bonds is 6. The van der Waals surface area contributed by atoms with Gasteiger partial charge in [0.15, 0.2) is 0 Å². The average Bonchev–Trinajstić information content (AvgIpc) is 2.82. The van der Waals surface area contributed by atoms with Crippen molar-refractivity contribution in [1.82, 2.24) is 9.80 Å². The zero-order valence-corrected chi connectivity index (χ0v) is 20.1. The molecule has 1 saturated heterocycles. The molecule has 1 aliphatic carbocycles. The van der Waals surface area contributed by atoms with Crippen molar-refractivity contribution in [2.24, 2.45) is 11.8 Å². The van der Waals surface area contributed by atoms with Crippen LogP contribution in [0.15, 0.2) is 54.6 Å². The van der Waals surface area contributed by atoms with Crippen molar-refractivity contribution < 1.29 is 9.53 Å². The number of piperidine rings is 1. The first kappa shape index (κ1) is 22.8. The first-order valence-corrected chi connectivity index (χ1v) is 12.1. The zero-order chi connectivity index (χ0) is 22.7. The van der Waals surface area contributed by atoms with E-state index in [0.29, 0.717) is 11.8 Å². The Bertz CT molecular complexity index is 913. The number of amides is 1. The number of carbonyl (C=O) groups is 1. The lowest BCUT2D eigenvalue weighted by atomic mass is 9.57. The van der Waals surface area contributed by atoms with E-state index in [2.05, 4.69) is 48.9 Å². The molecule has 4 nitrogen and oxygen atoms in total. The fourth-order valence-electron chi connectivity index (χ4n) is 6.02. The number of methoxy groups -OCH3 is 1. The van der Waals surface area contributed by atoms with Crippen molar-refractivity contribution >= 4 is 5.91 Å². The Kier molecular flexibility index (Phi) is 6.90. The highest BCUT2D eigenvalue weighted by molar-refractivity contribution is 5.94. The van der Waals surface area contributed by atoms with E-state index in [1.54, 1.807) is 7.11 Å². The first-order valence-electron chi connectivity index (χ1n) is 12.1. The van der Waals surface area contributed by atoms with Gasteiger partial charge in [0, 0.05) is 30.1 Å². The monoisotopic (exact) mass is 434 g/mol. The average molecular weight is 435 g/mol. The van der Waals surface area contributed by atoms with Crippen LogP contribution < -0.4 is 4.74 Å². The van der Waals surface area contributed by atoms with Crippen LogP contribution in [0.25, 0.3) is 0 Å². The maximum Gasteiger partial charge on any atom is 0.254 e. The summed E-state index contributed by atoms with van der Waals surface area (Å²) in [5, 5.41) is 0. The van der Waals surface area contributed by atoms with E-state index < -0.39 is 0 Å². The van der Waals surface area contributed by atoms with Gasteiger partial charge in [-0.1, -0.05) is 44.2 Å². The summed E-state index contributed by atoms with van der Waals surface area (Å²) in [7, 11) is 3.99. The number of carbonyl (C=O) groups excluding carboxylic acids is 1. The van der Waals surface area contributed by atoms with Crippen LogP contribution in [0, 0.1) is 11.8 Å². The van der Waals surface area contributed by atoms with E-state index >= 15 is 0 Å². The second kappa shape index (κ2) is 9.66. The van der Waals surface area contributed by atoms with Crippen LogP contribution >= 0.6 is 0 Å². The maximum absolute atomic E-state index is 13.6. The predicted octanol–water partition coefficient (Wildman–Crippen LogP) is 5.24. The Hall–Kier alpha value is -2.33. The van der Waals surface area contributed by atoms with Crippen LogP contribution in [-0.2, 0) is 5.41 Å². The van der Waals surface area contributed by atoms with Crippen LogP contribution in [0.1, 0.15) is 55.5 Å². The predicted molar refractivity (Wildman–Crippen MR) is 130 cm³/mol. The smallest absolute Gasteiger partial charge is 0.254 e. The third-order valence-corrected chi connectivity index (χ3v) is 7.63. The number of hydrogen-bond acceptors (Lipinski definition) is 3. The van der Waals surface area contributed by atoms with Gasteiger partial charge < -0.3 is 14.5 Å². The molecule has 1 heterocycles. The van der Waals surface area contributed by atoms with Gasteiger partial charge in [-0.25, -0.2) is 0 Å². The van der Waals surface area contributed by atoms with Crippen molar-refractivity contribution in [1.29, 1.82) is 0 Å². The minimum absolute atomic E-state index is 0.0934. The summed E-state index contributed by atoms with van der Waals surface area (Å²) in [6, 6.07) is 18.8. The molecule has 2 fully saturated rings. The molecule has 0 N–H and O–H groups in total. The molecule has 0 aromatic heterocycles. The first-order chi connectivity index (χ1) is 15.4. The van der Waals surface area contributed by atoms with Gasteiger partial charge in [0.1, 0.15) is 5.75 Å². The van der Waals surface area contributed by atoms with E-state index in [-0.39, 0.29) is 17.4 Å². The maximum atomic E-state index is 13.6. The van der Waals surface area contributed by atoms with Crippen molar-refractivity contribution in [2.45, 2.75) is 51.0 Å². The fraction of sp³-hybridized carbons (Fsp3) is 0.536. The van der Waals surface area contributed by atoms with E-state index in [1.807, 2.05) is 36.4 Å². The molecule has 2 unspecified atom stereocenters. The number of ether oxygens (including phenoxy) is 1. The number of benzene rings is 2. The molecule has 4 rings (SSSR count). The quantitative estimate of drug-likeness (QED) is 0.624. The summed E-state index contributed by atoms with van der Waals surface area (Å²) in [6.07, 6.45) is 4.40. The third kappa shape index (κ3) is 4.56. The summed E-state index contributed by atoms with van der Waals surface area (Å²) in [5.74, 6) is 2.15. The third-order valence-electron chi connectivity index (χ3n) is 7.63. The Morgan fingerprint density at radius 1 is 1.16 bits per heavy atom. The molecule has 0 bridgehead atoms. The van der Waals surface area contributed by atoms with Gasteiger partial charge in [-0.05, 0) is 80.9 Å². The molecule has 0 radical (unpaired) electrons. The second-order valence-corrected chi connectivity index (χ2v) is 10.2. The van der Waals surface area contributed by atoms with Crippen LogP contribution in [0.5, 0.6) is 5.75 Å². The molecule has 2 aliphatic rings. The molecular formula is C28H38N2O2. The van der Waals surface area contributed by atoms with E-state index in [0.717, 1.165) is 56.6 Å². The lowest BCUT2D eigenvalue weighted by molar-refractivity contribution is 0.0170. The van der Waals surface area contributed by atoms with Gasteiger partial charge in [-0.3, -0.25) is 4.79 Å². The van der Waals surface area contributed by atoms with E-state index in [4.69, 9.17) is 4.74 Å². The minimum atomic E-state index is 0.0934. The number of likely N-dealkylation sites (tertiary alicyclic amines) is 1. The van der Waals surface area contributed by atoms with Gasteiger partial charge in [0.2, 0.25) is 0 Å². The lowest BCUT2D eigenvalue weighted by Gasteiger charge is -2.54. The SMILES string of the molecule is COc1cccc(C23CCN(C)CC2CC[C@H](N(CC(C)C)C(=O)c2ccccc2)C3)c1. The van der Waals surface area contributed by atoms with Gasteiger partial charge in [0.25, 0.3) is 5.91 Å². The molecule has 32 heavy (non-hydrogen) atoms. The standard InChI is InChI=1S/C28H38N2O2/c1-21(2)19-30(27(31)22-9-6-5-7-10-22)25-14-13-24-20-29(3)16-15-28(24,18-25)23-11-8-12-26(17-23)32-4/h5-12,17,21,24-25H,13-16,18-20H2,1-4H3/t24?,25-,28?/m0/s1. The molecule has 2 aromatic rings. The van der Waals surface area contributed by atoms with Gasteiger partial charge in [0.05, 0.1) is 7.11 Å². The molecule has 1 amide bonds. The fourth-order valence-corrected chi connectivity index (χ4v) is 6.02. The topological polar surface area (TPSA) is 32.8 Å². The van der Waals surface area contributed by atoms with Crippen LogP contribution in [0.2, 0.25) is 0 Å². The Morgan fingerprint density at radius 2 is 1.94 bits per heavy atom. The number of nitrogens with zero attached hydrogens (tertiary/aromatic N) is 2. The van der Waals surface area contributed by atoms with Crippen molar-refractivity contribution in [3.8, 4) is 5.75 Å². The Labute approximate surface area is 193 Å². The molecule has 0 spiro atoms. The summed E-state index contributed by atoms with van der Waals surface area (Å²) < 4.78 is 5.59. The number of hydrogen-bond donors (Lipinski definition) is 0. The lowest BCUT2D eigenvalue weighted by Crippen LogP contribution is -2.56. The summed E-state index contributed by atoms with van der Waals surface area (Å²) >= 11 is 0. The highest BCUT2D eigenvalue weighted by atomic mass is 16.5. The summed E-state index contributed by atoms with van der Waals surface area (Å²) in [6.45, 7) is 7.45. The molecular weight excluding hydrogens is 396 g/mol. The Balaban J connectivity index is 1.69. The minimum Gasteiger partial charge on any atom is -0.497 e. The van der Waals surface area contributed by atoms with Gasteiger partial charge in [-0.15, -0.1) is 0 Å². The summed E-state index contributed by atoms with van der Waals surface area (Å²) in [4.78, 5) is 18.3. The van der Waals surface area contributed by atoms with Crippen LogP contribution in [0.3, 0.4) is 0 Å². The van der Waals surface area contributed by atoms with Crippen molar-refractivity contribution in [3.05, 3.63) is 65.7 Å². The molecule has 2 aromatic carbocycles. The van der Waals surface area contributed by atoms with Gasteiger partial charge >= 0.3 is 0 Å². The van der Waals surface area contributed by atoms with E-state index in [9.17, 15) is 4.79 Å². The highest BCUT2D eigenvalue weighted by Gasteiger charge is 2.49. The summed E-state index contributed by atoms with van der Waals surface area (Å²) in [5.41, 5.74) is 2.28.